The van der Waals surface area contributed by atoms with E-state index >= 15 is 0 Å². The summed E-state index contributed by atoms with van der Waals surface area (Å²) in [7, 11) is 0. The second kappa shape index (κ2) is 13.5. The summed E-state index contributed by atoms with van der Waals surface area (Å²) in [6, 6.07) is 9.31. The van der Waals surface area contributed by atoms with Crippen molar-refractivity contribution >= 4 is 34.6 Å². The smallest absolute Gasteiger partial charge is 0.416 e. The number of halogens is 8. The molecule has 47 heavy (non-hydrogen) atoms. The van der Waals surface area contributed by atoms with Crippen molar-refractivity contribution in [3.63, 3.8) is 0 Å². The molecule has 0 aliphatic rings. The monoisotopic (exact) mass is 704 g/mol. The number of nitro groups is 2. The van der Waals surface area contributed by atoms with Crippen LogP contribution in [-0.4, -0.2) is 23.1 Å². The number of benzene rings is 4. The lowest BCUT2D eigenvalue weighted by Crippen LogP contribution is -2.06. The SMILES string of the molecule is CCOc1c(-c2ccc(C(F)(F)F)cc2Cl)ccc(Oc2ccc(-c3ccc(C(F)(F)F)cc3Cl)c(OCC)c2[N+](=O)[O-])c1[N+](=O)[O-]. The van der Waals surface area contributed by atoms with E-state index < -0.39 is 77.7 Å². The highest BCUT2D eigenvalue weighted by atomic mass is 35.5. The fourth-order valence-electron chi connectivity index (χ4n) is 4.56. The predicted octanol–water partition coefficient (Wildman–Crippen LogP) is 10.8. The largest absolute Gasteiger partial charge is 0.487 e. The van der Waals surface area contributed by atoms with Gasteiger partial charge >= 0.3 is 23.7 Å². The van der Waals surface area contributed by atoms with E-state index in [-0.39, 0.29) is 35.5 Å². The molecule has 0 bridgehead atoms. The van der Waals surface area contributed by atoms with Crippen molar-refractivity contribution in [2.45, 2.75) is 26.2 Å². The van der Waals surface area contributed by atoms with Crippen molar-refractivity contribution in [2.24, 2.45) is 0 Å². The molecule has 0 radical (unpaired) electrons. The Morgan fingerprint density at radius 1 is 0.617 bits per heavy atom. The van der Waals surface area contributed by atoms with Gasteiger partial charge in [-0.15, -0.1) is 0 Å². The first-order valence-corrected chi connectivity index (χ1v) is 14.1. The molecule has 0 N–H and O–H groups in total. The van der Waals surface area contributed by atoms with Crippen molar-refractivity contribution in [1.29, 1.82) is 0 Å². The number of alkyl halides is 6. The van der Waals surface area contributed by atoms with E-state index in [2.05, 4.69) is 0 Å². The summed E-state index contributed by atoms with van der Waals surface area (Å²) in [5.74, 6) is -2.01. The minimum Gasteiger partial charge on any atom is -0.487 e. The van der Waals surface area contributed by atoms with Crippen molar-refractivity contribution in [3.8, 4) is 45.3 Å². The maximum Gasteiger partial charge on any atom is 0.416 e. The molecule has 0 fully saturated rings. The molecule has 0 aliphatic heterocycles. The van der Waals surface area contributed by atoms with Gasteiger partial charge in [-0.1, -0.05) is 35.3 Å². The molecule has 0 unspecified atom stereocenters. The van der Waals surface area contributed by atoms with E-state index in [0.29, 0.717) is 12.1 Å². The highest BCUT2D eigenvalue weighted by Gasteiger charge is 2.35. The van der Waals surface area contributed by atoms with Gasteiger partial charge in [0, 0.05) is 32.3 Å². The minimum atomic E-state index is -4.71. The van der Waals surface area contributed by atoms with Gasteiger partial charge in [0.05, 0.1) is 34.2 Å². The zero-order valence-corrected chi connectivity index (χ0v) is 25.5. The molecule has 248 valence electrons. The molecule has 4 aromatic rings. The van der Waals surface area contributed by atoms with Crippen LogP contribution in [0.1, 0.15) is 25.0 Å². The van der Waals surface area contributed by atoms with Gasteiger partial charge in [-0.05, 0) is 62.4 Å². The topological polar surface area (TPSA) is 114 Å². The van der Waals surface area contributed by atoms with Gasteiger partial charge in [0.1, 0.15) is 0 Å². The van der Waals surface area contributed by atoms with Crippen LogP contribution in [-0.2, 0) is 12.4 Å². The molecule has 4 aromatic carbocycles. The van der Waals surface area contributed by atoms with Crippen molar-refractivity contribution < 1.29 is 50.4 Å². The number of nitrogens with zero attached hydrogens (tertiary/aromatic N) is 2. The van der Waals surface area contributed by atoms with Gasteiger partial charge in [0.25, 0.3) is 0 Å². The number of rotatable bonds is 10. The molecule has 0 spiro atoms. The molecule has 17 heteroatoms. The Balaban J connectivity index is 1.90. The van der Waals surface area contributed by atoms with E-state index in [4.69, 9.17) is 37.4 Å². The molecule has 0 amide bonds. The summed E-state index contributed by atoms with van der Waals surface area (Å²) in [6.45, 7) is 2.68. The first kappa shape index (κ1) is 35.1. The molecular formula is C30H20Cl2F6N2O7. The fraction of sp³-hybridized carbons (Fsp3) is 0.200. The molecule has 0 aliphatic carbocycles. The van der Waals surface area contributed by atoms with Crippen LogP contribution in [0.15, 0.2) is 60.7 Å². The zero-order valence-electron chi connectivity index (χ0n) is 24.0. The third kappa shape index (κ3) is 7.30. The highest BCUT2D eigenvalue weighted by molar-refractivity contribution is 6.34. The molecule has 4 rings (SSSR count). The standard InChI is InChI=1S/C30H20Cl2F6N2O7/c1-3-45-27-19(17-7-5-15(13-21(17)31)29(33,34)35)9-11-23(25(27)39(41)42)47-24-12-10-20(28(46-4-2)26(24)40(43)44)18-8-6-16(14-22(18)32)30(36,37)38/h5-14H,3-4H2,1-2H3. The maximum absolute atomic E-state index is 13.2. The first-order valence-electron chi connectivity index (χ1n) is 13.3. The molecule has 9 nitrogen and oxygen atoms in total. The fourth-order valence-corrected chi connectivity index (χ4v) is 5.12. The Morgan fingerprint density at radius 3 is 1.23 bits per heavy atom. The van der Waals surface area contributed by atoms with Crippen LogP contribution in [0.4, 0.5) is 37.7 Å². The van der Waals surface area contributed by atoms with E-state index in [9.17, 15) is 46.6 Å². The van der Waals surface area contributed by atoms with Crippen LogP contribution in [0.2, 0.25) is 10.0 Å². The lowest BCUT2D eigenvalue weighted by Gasteiger charge is -2.17. The molecular weight excluding hydrogens is 685 g/mol. The number of nitro benzene ring substituents is 2. The second-order valence-corrected chi connectivity index (χ2v) is 10.3. The summed E-state index contributed by atoms with van der Waals surface area (Å²) < 4.78 is 96.0. The van der Waals surface area contributed by atoms with Gasteiger partial charge in [0.15, 0.2) is 0 Å². The zero-order chi connectivity index (χ0) is 34.8. The molecule has 0 aromatic heterocycles. The van der Waals surface area contributed by atoms with Gasteiger partial charge in [-0.25, -0.2) is 0 Å². The lowest BCUT2D eigenvalue weighted by atomic mass is 10.0. The molecule has 0 saturated carbocycles. The summed E-state index contributed by atoms with van der Waals surface area (Å²) in [5.41, 5.74) is -4.00. The second-order valence-electron chi connectivity index (χ2n) is 9.45. The van der Waals surface area contributed by atoms with Crippen LogP contribution in [0.5, 0.6) is 23.0 Å². The third-order valence-corrected chi connectivity index (χ3v) is 7.15. The Kier molecular flexibility index (Phi) is 10.1. The average Bonchev–Trinajstić information content (AvgIpc) is 2.97. The Hall–Kier alpha value is -4.76. The Morgan fingerprint density at radius 2 is 0.957 bits per heavy atom. The molecule has 0 saturated heterocycles. The predicted molar refractivity (Wildman–Crippen MR) is 160 cm³/mol. The lowest BCUT2D eigenvalue weighted by molar-refractivity contribution is -0.388. The highest BCUT2D eigenvalue weighted by Crippen LogP contribution is 2.51. The molecule has 0 atom stereocenters. The Bertz CT molecular complexity index is 1730. The first-order chi connectivity index (χ1) is 22.0. The van der Waals surface area contributed by atoms with Crippen LogP contribution in [0.25, 0.3) is 22.3 Å². The molecule has 0 heterocycles. The van der Waals surface area contributed by atoms with Crippen LogP contribution >= 0.6 is 23.2 Å². The quantitative estimate of drug-likeness (QED) is 0.0916. The van der Waals surface area contributed by atoms with E-state index in [1.165, 1.54) is 26.0 Å². The van der Waals surface area contributed by atoms with Gasteiger partial charge in [-0.2, -0.15) is 26.3 Å². The number of hydrogen-bond acceptors (Lipinski definition) is 7. The summed E-state index contributed by atoms with van der Waals surface area (Å²) in [6.07, 6.45) is -9.42. The van der Waals surface area contributed by atoms with Crippen LogP contribution < -0.4 is 14.2 Å². The van der Waals surface area contributed by atoms with Gasteiger partial charge in [0.2, 0.25) is 23.0 Å². The van der Waals surface area contributed by atoms with Crippen molar-refractivity contribution in [1.82, 2.24) is 0 Å². The van der Waals surface area contributed by atoms with Crippen molar-refractivity contribution in [2.75, 3.05) is 13.2 Å². The maximum atomic E-state index is 13.2. The Labute approximate surface area is 271 Å². The van der Waals surface area contributed by atoms with Gasteiger partial charge in [-0.3, -0.25) is 20.2 Å². The van der Waals surface area contributed by atoms with Crippen LogP contribution in [0, 0.1) is 20.2 Å². The normalized spacial score (nSPS) is 11.7. The summed E-state index contributed by atoms with van der Waals surface area (Å²) >= 11 is 12.3. The van der Waals surface area contributed by atoms with E-state index in [0.717, 1.165) is 36.4 Å². The van der Waals surface area contributed by atoms with E-state index in [1.807, 2.05) is 0 Å². The van der Waals surface area contributed by atoms with Crippen LogP contribution in [0.3, 0.4) is 0 Å². The van der Waals surface area contributed by atoms with Crippen molar-refractivity contribution in [3.05, 3.63) is 102 Å². The summed E-state index contributed by atoms with van der Waals surface area (Å²) in [4.78, 5) is 22.9. The average molecular weight is 705 g/mol. The number of ether oxygens (including phenoxy) is 3. The van der Waals surface area contributed by atoms with Gasteiger partial charge < -0.3 is 14.2 Å². The third-order valence-electron chi connectivity index (χ3n) is 6.52. The van der Waals surface area contributed by atoms with E-state index in [1.54, 1.807) is 0 Å². The summed E-state index contributed by atoms with van der Waals surface area (Å²) in [5, 5.41) is 23.9. The number of hydrogen-bond donors (Lipinski definition) is 0. The minimum absolute atomic E-state index is 0.0415.